The first kappa shape index (κ1) is 21.4. The Labute approximate surface area is 198 Å². The molecule has 1 aliphatic rings. The number of benzene rings is 4. The number of allylic oxidation sites excluding steroid dienone is 1. The zero-order valence-corrected chi connectivity index (χ0v) is 19.2. The van der Waals surface area contributed by atoms with Gasteiger partial charge < -0.3 is 0 Å². The van der Waals surface area contributed by atoms with Crippen molar-refractivity contribution in [3.63, 3.8) is 0 Å². The number of hydrogen-bond donors (Lipinski definition) is 0. The molecule has 1 unspecified atom stereocenters. The molecule has 0 radical (unpaired) electrons. The lowest BCUT2D eigenvalue weighted by molar-refractivity contribution is 0.0959. The second-order valence-electron chi connectivity index (χ2n) is 8.33. The molecule has 1 saturated heterocycles. The summed E-state index contributed by atoms with van der Waals surface area (Å²) < 4.78 is 0.429. The van der Waals surface area contributed by atoms with Crippen LogP contribution in [0.15, 0.2) is 114 Å². The quantitative estimate of drug-likeness (QED) is 0.114. The summed E-state index contributed by atoms with van der Waals surface area (Å²) in [6, 6.07) is 32.8. The highest BCUT2D eigenvalue weighted by Crippen LogP contribution is 2.45. The molecule has 4 aromatic rings. The fourth-order valence-electron chi connectivity index (χ4n) is 4.52. The highest BCUT2D eigenvalue weighted by atomic mass is 32.2. The van der Waals surface area contributed by atoms with Crippen molar-refractivity contribution in [2.24, 2.45) is 0 Å². The summed E-state index contributed by atoms with van der Waals surface area (Å²) in [6.45, 7) is 0.807. The van der Waals surface area contributed by atoms with Crippen LogP contribution in [0.5, 0.6) is 0 Å². The van der Waals surface area contributed by atoms with Gasteiger partial charge in [0, 0.05) is 22.6 Å². The fraction of sp³-hybridized carbons (Fsp3) is 0.103. The van der Waals surface area contributed by atoms with Gasteiger partial charge in [-0.3, -0.25) is 14.1 Å². The van der Waals surface area contributed by atoms with Crippen molar-refractivity contribution in [2.45, 2.75) is 0 Å². The lowest BCUT2D eigenvalue weighted by atomic mass is 9.95. The molecule has 0 spiro atoms. The molecule has 33 heavy (non-hydrogen) atoms. The number of Topliss-reactive ketones (excluding diaryl/α,β-unsaturated/α-hetero) is 2. The number of hydrogen-bond acceptors (Lipinski definition) is 3. The molecule has 4 heteroatoms. The molecule has 5 rings (SSSR count). The number of carbonyl (C=O) groups excluding carboxylic acids is 2. The van der Waals surface area contributed by atoms with Crippen molar-refractivity contribution in [3.05, 3.63) is 125 Å². The van der Waals surface area contributed by atoms with Gasteiger partial charge in [0.25, 0.3) is 0 Å². The fourth-order valence-corrected chi connectivity index (χ4v) is 5.98. The molecule has 0 amide bonds. The zero-order chi connectivity index (χ0) is 22.8. The summed E-state index contributed by atoms with van der Waals surface area (Å²) in [4.78, 5) is 27.7. The predicted octanol–water partition coefficient (Wildman–Crippen LogP) is 6.50. The zero-order valence-electron chi connectivity index (χ0n) is 18.4. The Hall–Kier alpha value is -3.47. The minimum Gasteiger partial charge on any atom is -0.288 e. The third-order valence-corrected chi connectivity index (χ3v) is 7.53. The van der Waals surface area contributed by atoms with Gasteiger partial charge in [0.05, 0.1) is 19.3 Å². The number of rotatable bonds is 5. The van der Waals surface area contributed by atoms with Crippen LogP contribution in [0.2, 0.25) is 0 Å². The molecular formula is C29H24NO2S+. The molecule has 4 aromatic carbocycles. The Balaban J connectivity index is 1.76. The van der Waals surface area contributed by atoms with Crippen LogP contribution in [0.4, 0.5) is 5.69 Å². The van der Waals surface area contributed by atoms with E-state index in [4.69, 9.17) is 0 Å². The molecule has 0 N–H and O–H groups in total. The third-order valence-electron chi connectivity index (χ3n) is 6.26. The maximum Gasteiger partial charge on any atom is 0.203 e. The van der Waals surface area contributed by atoms with Crippen molar-refractivity contribution in [1.29, 1.82) is 0 Å². The maximum absolute atomic E-state index is 13.8. The van der Waals surface area contributed by atoms with E-state index < -0.39 is 0 Å². The van der Waals surface area contributed by atoms with E-state index in [0.29, 0.717) is 15.6 Å². The summed E-state index contributed by atoms with van der Waals surface area (Å²) in [5.41, 5.74) is 2.43. The van der Waals surface area contributed by atoms with Crippen molar-refractivity contribution < 1.29 is 9.59 Å². The molecule has 162 valence electrons. The molecule has 1 aliphatic heterocycles. The van der Waals surface area contributed by atoms with Crippen LogP contribution in [0.25, 0.3) is 10.8 Å². The first-order valence-corrected chi connectivity index (χ1v) is 12.0. The number of carbonyl (C=O) groups is 2. The minimum atomic E-state index is -0.224. The second-order valence-corrected chi connectivity index (χ2v) is 9.42. The first-order valence-electron chi connectivity index (χ1n) is 11.0. The van der Waals surface area contributed by atoms with Crippen LogP contribution >= 0.6 is 11.8 Å². The average Bonchev–Trinajstić information content (AvgIpc) is 3.26. The van der Waals surface area contributed by atoms with E-state index in [1.54, 1.807) is 36.0 Å². The standard InChI is InChI=1S/C29H24NO2S/c1-30(25-18-10-16-21-11-8-9-17-24(21)25)19-20-33-29(30)26(27(31)22-12-4-2-5-13-22)28(32)23-14-6-3-7-15-23/h2-18H,19-20H2,1H3/q+1. The number of thioether (sulfide) groups is 1. The van der Waals surface area contributed by atoms with Gasteiger partial charge >= 0.3 is 0 Å². The predicted molar refractivity (Wildman–Crippen MR) is 138 cm³/mol. The molecule has 0 bridgehead atoms. The molecule has 1 atom stereocenters. The number of nitrogens with zero attached hydrogens (tertiary/aromatic N) is 1. The van der Waals surface area contributed by atoms with Crippen molar-refractivity contribution >= 4 is 39.8 Å². The second kappa shape index (κ2) is 8.81. The lowest BCUT2D eigenvalue weighted by Gasteiger charge is -2.31. The van der Waals surface area contributed by atoms with Crippen molar-refractivity contribution in [1.82, 2.24) is 4.48 Å². The SMILES string of the molecule is C[N+]1(c2cccc3ccccc23)CCSC1=C(C(=O)c1ccccc1)C(=O)c1ccccc1. The Morgan fingerprint density at radius 3 is 1.88 bits per heavy atom. The summed E-state index contributed by atoms with van der Waals surface area (Å²) in [6.07, 6.45) is 0. The maximum atomic E-state index is 13.8. The van der Waals surface area contributed by atoms with E-state index in [1.165, 1.54) is 0 Å². The number of quaternary nitrogens is 1. The van der Waals surface area contributed by atoms with Crippen molar-refractivity contribution in [3.8, 4) is 0 Å². The summed E-state index contributed by atoms with van der Waals surface area (Å²) in [7, 11) is 2.12. The largest absolute Gasteiger partial charge is 0.288 e. The number of fused-ring (bicyclic) bond motifs is 1. The van der Waals surface area contributed by atoms with E-state index in [1.807, 2.05) is 48.5 Å². The van der Waals surface area contributed by atoms with Crippen LogP contribution in [0.1, 0.15) is 20.7 Å². The molecular weight excluding hydrogens is 426 g/mol. The van der Waals surface area contributed by atoms with E-state index in [9.17, 15) is 9.59 Å². The first-order chi connectivity index (χ1) is 16.1. The summed E-state index contributed by atoms with van der Waals surface area (Å²) >= 11 is 1.62. The minimum absolute atomic E-state index is 0.224. The van der Waals surface area contributed by atoms with Crippen LogP contribution in [0.3, 0.4) is 0 Å². The molecule has 0 aliphatic carbocycles. The topological polar surface area (TPSA) is 34.1 Å². The van der Waals surface area contributed by atoms with Crippen LogP contribution in [-0.4, -0.2) is 30.9 Å². The van der Waals surface area contributed by atoms with Gasteiger partial charge in [0.15, 0.2) is 5.03 Å². The average molecular weight is 451 g/mol. The molecule has 1 fully saturated rings. The number of ketones is 2. The van der Waals surface area contributed by atoms with E-state index in [2.05, 4.69) is 37.4 Å². The Bertz CT molecular complexity index is 1320. The third kappa shape index (κ3) is 3.82. The Morgan fingerprint density at radius 1 is 0.697 bits per heavy atom. The lowest BCUT2D eigenvalue weighted by Crippen LogP contribution is -2.42. The van der Waals surface area contributed by atoms with Gasteiger partial charge in [-0.25, -0.2) is 0 Å². The molecule has 0 saturated carbocycles. The summed E-state index contributed by atoms with van der Waals surface area (Å²) in [5.74, 6) is 0.389. The highest BCUT2D eigenvalue weighted by molar-refractivity contribution is 8.03. The monoisotopic (exact) mass is 450 g/mol. The summed E-state index contributed by atoms with van der Waals surface area (Å²) in [5, 5.41) is 3.10. The van der Waals surface area contributed by atoms with E-state index in [0.717, 1.165) is 33.8 Å². The molecule has 0 aromatic heterocycles. The normalized spacial score (nSPS) is 17.8. The van der Waals surface area contributed by atoms with Gasteiger partial charge in [0.2, 0.25) is 11.6 Å². The highest BCUT2D eigenvalue weighted by Gasteiger charge is 2.43. The molecule has 1 heterocycles. The van der Waals surface area contributed by atoms with Gasteiger partial charge in [-0.05, 0) is 11.5 Å². The van der Waals surface area contributed by atoms with Crippen molar-refractivity contribution in [2.75, 3.05) is 19.3 Å². The van der Waals surface area contributed by atoms with Crippen LogP contribution in [-0.2, 0) is 0 Å². The molecule has 3 nitrogen and oxygen atoms in total. The Morgan fingerprint density at radius 2 is 1.24 bits per heavy atom. The van der Waals surface area contributed by atoms with Crippen LogP contribution in [0, 0.1) is 0 Å². The van der Waals surface area contributed by atoms with Gasteiger partial charge in [0.1, 0.15) is 11.3 Å². The van der Waals surface area contributed by atoms with Crippen LogP contribution < -0.4 is 4.48 Å². The van der Waals surface area contributed by atoms with E-state index >= 15 is 0 Å². The van der Waals surface area contributed by atoms with Gasteiger partial charge in [-0.1, -0.05) is 103 Å². The van der Waals surface area contributed by atoms with Gasteiger partial charge in [-0.2, -0.15) is 0 Å². The van der Waals surface area contributed by atoms with Gasteiger partial charge in [-0.15, -0.1) is 0 Å². The van der Waals surface area contributed by atoms with E-state index in [-0.39, 0.29) is 17.1 Å². The Kier molecular flexibility index (Phi) is 5.71. The smallest absolute Gasteiger partial charge is 0.203 e.